The van der Waals surface area contributed by atoms with E-state index in [9.17, 15) is 4.39 Å². The first-order chi connectivity index (χ1) is 8.20. The number of anilines is 1. The minimum Gasteiger partial charge on any atom is -0.399 e. The van der Waals surface area contributed by atoms with Gasteiger partial charge in [-0.05, 0) is 30.8 Å². The Bertz CT molecular complexity index is 507. The highest BCUT2D eigenvalue weighted by Gasteiger charge is 2.09. The summed E-state index contributed by atoms with van der Waals surface area (Å²) in [4.78, 5) is 0. The van der Waals surface area contributed by atoms with Crippen molar-refractivity contribution in [1.82, 2.24) is 15.5 Å². The first-order valence-electron chi connectivity index (χ1n) is 5.51. The van der Waals surface area contributed by atoms with Gasteiger partial charge in [-0.15, -0.1) is 0 Å². The molecule has 2 aromatic rings. The lowest BCUT2D eigenvalue weighted by Crippen LogP contribution is -2.11. The van der Waals surface area contributed by atoms with Gasteiger partial charge in [-0.1, -0.05) is 6.92 Å². The Balaban J connectivity index is 2.27. The molecule has 0 saturated heterocycles. The first-order valence-corrected chi connectivity index (χ1v) is 5.51. The van der Waals surface area contributed by atoms with Crippen LogP contribution in [0.2, 0.25) is 0 Å². The molecule has 17 heavy (non-hydrogen) atoms. The van der Waals surface area contributed by atoms with Crippen LogP contribution < -0.4 is 11.1 Å². The number of benzene rings is 1. The Morgan fingerprint density at radius 2 is 2.24 bits per heavy atom. The van der Waals surface area contributed by atoms with Gasteiger partial charge in [0.2, 0.25) is 0 Å². The highest BCUT2D eigenvalue weighted by molar-refractivity contribution is 5.64. The number of aromatic amines is 1. The number of hydrogen-bond acceptors (Lipinski definition) is 3. The minimum absolute atomic E-state index is 0.319. The van der Waals surface area contributed by atoms with E-state index in [0.29, 0.717) is 23.5 Å². The maximum Gasteiger partial charge on any atom is 0.132 e. The zero-order valence-corrected chi connectivity index (χ0v) is 9.63. The van der Waals surface area contributed by atoms with Gasteiger partial charge < -0.3 is 11.1 Å². The number of nitrogens with zero attached hydrogens (tertiary/aromatic N) is 1. The topological polar surface area (TPSA) is 66.7 Å². The molecule has 1 aromatic carbocycles. The quantitative estimate of drug-likeness (QED) is 0.708. The van der Waals surface area contributed by atoms with Gasteiger partial charge in [0.1, 0.15) is 5.82 Å². The molecule has 4 nitrogen and oxygen atoms in total. The smallest absolute Gasteiger partial charge is 0.132 e. The van der Waals surface area contributed by atoms with Crippen molar-refractivity contribution >= 4 is 5.69 Å². The van der Waals surface area contributed by atoms with Crippen LogP contribution in [0, 0.1) is 5.82 Å². The predicted molar refractivity (Wildman–Crippen MR) is 65.8 cm³/mol. The Labute approximate surface area is 99.0 Å². The molecule has 0 aliphatic heterocycles. The molecule has 4 N–H and O–H groups in total. The maximum atomic E-state index is 13.6. The maximum absolute atomic E-state index is 13.6. The van der Waals surface area contributed by atoms with Crippen molar-refractivity contribution in [3.05, 3.63) is 35.8 Å². The molecule has 0 atom stereocenters. The minimum atomic E-state index is -0.319. The van der Waals surface area contributed by atoms with Crippen LogP contribution in [-0.2, 0) is 6.54 Å². The predicted octanol–water partition coefficient (Wildman–Crippen LogP) is 1.91. The lowest BCUT2D eigenvalue weighted by Gasteiger charge is -2.00. The van der Waals surface area contributed by atoms with E-state index < -0.39 is 0 Å². The fourth-order valence-corrected chi connectivity index (χ4v) is 1.59. The molecule has 0 spiro atoms. The van der Waals surface area contributed by atoms with E-state index in [1.54, 1.807) is 6.07 Å². The molecule has 90 valence electrons. The molecule has 0 aliphatic carbocycles. The second kappa shape index (κ2) is 4.97. The van der Waals surface area contributed by atoms with Crippen molar-refractivity contribution in [3.8, 4) is 11.3 Å². The normalized spacial score (nSPS) is 10.7. The summed E-state index contributed by atoms with van der Waals surface area (Å²) in [7, 11) is 0. The lowest BCUT2D eigenvalue weighted by molar-refractivity contribution is 0.631. The molecule has 2 rings (SSSR count). The molecule has 0 radical (unpaired) electrons. The average molecular weight is 234 g/mol. The number of nitrogens with two attached hydrogens (primary N) is 1. The van der Waals surface area contributed by atoms with Gasteiger partial charge in [0.15, 0.2) is 0 Å². The highest BCUT2D eigenvalue weighted by Crippen LogP contribution is 2.23. The van der Waals surface area contributed by atoms with Crippen LogP contribution in [0.1, 0.15) is 12.6 Å². The van der Waals surface area contributed by atoms with Crippen molar-refractivity contribution in [2.45, 2.75) is 13.5 Å². The Morgan fingerprint density at radius 3 is 3.00 bits per heavy atom. The molecule has 0 saturated carbocycles. The van der Waals surface area contributed by atoms with Crippen LogP contribution in [0.4, 0.5) is 10.1 Å². The van der Waals surface area contributed by atoms with Gasteiger partial charge >= 0.3 is 0 Å². The van der Waals surface area contributed by atoms with Crippen molar-refractivity contribution < 1.29 is 4.39 Å². The number of aromatic nitrogens is 2. The summed E-state index contributed by atoms with van der Waals surface area (Å²) in [6.07, 6.45) is 0. The first kappa shape index (κ1) is 11.6. The monoisotopic (exact) mass is 234 g/mol. The zero-order valence-electron chi connectivity index (χ0n) is 9.63. The Kier molecular flexibility index (Phi) is 3.39. The second-order valence-electron chi connectivity index (χ2n) is 3.80. The largest absolute Gasteiger partial charge is 0.399 e. The van der Waals surface area contributed by atoms with Crippen molar-refractivity contribution in [1.29, 1.82) is 0 Å². The highest BCUT2D eigenvalue weighted by atomic mass is 19.1. The number of nitrogens with one attached hydrogen (secondary N) is 2. The molecular formula is C12H15FN4. The average Bonchev–Trinajstić information content (AvgIpc) is 2.78. The number of halogens is 1. The zero-order chi connectivity index (χ0) is 12.3. The summed E-state index contributed by atoms with van der Waals surface area (Å²) in [5.74, 6) is -0.319. The van der Waals surface area contributed by atoms with E-state index in [0.717, 1.165) is 12.2 Å². The number of H-pyrrole nitrogens is 1. The van der Waals surface area contributed by atoms with E-state index in [1.807, 2.05) is 13.0 Å². The van der Waals surface area contributed by atoms with Gasteiger partial charge in [0, 0.05) is 23.5 Å². The van der Waals surface area contributed by atoms with Crippen LogP contribution in [0.25, 0.3) is 11.3 Å². The fraction of sp³-hybridized carbons (Fsp3) is 0.250. The fourth-order valence-electron chi connectivity index (χ4n) is 1.59. The summed E-state index contributed by atoms with van der Waals surface area (Å²) in [6.45, 7) is 3.59. The molecular weight excluding hydrogens is 219 g/mol. The van der Waals surface area contributed by atoms with Gasteiger partial charge in [0.25, 0.3) is 0 Å². The SMILES string of the molecule is CCNCc1cc(-c2cc(N)ccc2F)n[nH]1. The third-order valence-electron chi connectivity index (χ3n) is 2.46. The lowest BCUT2D eigenvalue weighted by atomic mass is 10.1. The van der Waals surface area contributed by atoms with Crippen LogP contribution in [0.15, 0.2) is 24.3 Å². The van der Waals surface area contributed by atoms with E-state index >= 15 is 0 Å². The van der Waals surface area contributed by atoms with Crippen molar-refractivity contribution in [2.24, 2.45) is 0 Å². The molecule has 5 heteroatoms. The molecule has 0 fully saturated rings. The second-order valence-corrected chi connectivity index (χ2v) is 3.80. The van der Waals surface area contributed by atoms with Crippen molar-refractivity contribution in [3.63, 3.8) is 0 Å². The van der Waals surface area contributed by atoms with Gasteiger partial charge in [-0.3, -0.25) is 5.10 Å². The summed E-state index contributed by atoms with van der Waals surface area (Å²) in [6, 6.07) is 6.29. The van der Waals surface area contributed by atoms with E-state index in [4.69, 9.17) is 5.73 Å². The summed E-state index contributed by atoms with van der Waals surface area (Å²) in [5, 5.41) is 10.1. The molecule has 0 amide bonds. The molecule has 0 aliphatic rings. The third kappa shape index (κ3) is 2.62. The van der Waals surface area contributed by atoms with E-state index in [-0.39, 0.29) is 5.82 Å². The number of nitrogen functional groups attached to an aromatic ring is 1. The molecule has 0 unspecified atom stereocenters. The van der Waals surface area contributed by atoms with Crippen LogP contribution in [0.3, 0.4) is 0 Å². The van der Waals surface area contributed by atoms with Crippen molar-refractivity contribution in [2.75, 3.05) is 12.3 Å². The molecule has 1 heterocycles. The third-order valence-corrected chi connectivity index (χ3v) is 2.46. The van der Waals surface area contributed by atoms with E-state index in [1.165, 1.54) is 12.1 Å². The Hall–Kier alpha value is -1.88. The number of hydrogen-bond donors (Lipinski definition) is 3. The summed E-state index contributed by atoms with van der Waals surface area (Å²) in [5.41, 5.74) is 8.07. The molecule has 0 bridgehead atoms. The molecule has 1 aromatic heterocycles. The number of rotatable bonds is 4. The summed E-state index contributed by atoms with van der Waals surface area (Å²) >= 11 is 0. The Morgan fingerprint density at radius 1 is 1.41 bits per heavy atom. The van der Waals surface area contributed by atoms with Gasteiger partial charge in [0.05, 0.1) is 5.69 Å². The van der Waals surface area contributed by atoms with Gasteiger partial charge in [-0.2, -0.15) is 5.10 Å². The standard InChI is InChI=1S/C12H15FN4/c1-2-15-7-9-6-12(17-16-9)10-5-8(14)3-4-11(10)13/h3-6,15H,2,7,14H2,1H3,(H,16,17). The van der Waals surface area contributed by atoms with E-state index in [2.05, 4.69) is 15.5 Å². The van der Waals surface area contributed by atoms with Crippen LogP contribution in [-0.4, -0.2) is 16.7 Å². The van der Waals surface area contributed by atoms with Crippen LogP contribution in [0.5, 0.6) is 0 Å². The van der Waals surface area contributed by atoms with Gasteiger partial charge in [-0.25, -0.2) is 4.39 Å². The van der Waals surface area contributed by atoms with Crippen LogP contribution >= 0.6 is 0 Å². The summed E-state index contributed by atoms with van der Waals surface area (Å²) < 4.78 is 13.6.